The van der Waals surface area contributed by atoms with Crippen molar-refractivity contribution >= 4 is 55.4 Å². The molecule has 0 aromatic heterocycles. The first kappa shape index (κ1) is 29.2. The largest absolute Gasteiger partial charge is 0.243 e. The van der Waals surface area contributed by atoms with Crippen LogP contribution in [0.3, 0.4) is 0 Å². The van der Waals surface area contributed by atoms with Crippen molar-refractivity contribution in [1.29, 1.82) is 0 Å². The summed E-state index contributed by atoms with van der Waals surface area (Å²) in [6, 6.07) is 29.1. The summed E-state index contributed by atoms with van der Waals surface area (Å²) < 4.78 is 0. The van der Waals surface area contributed by atoms with E-state index in [1.54, 1.807) is 5.46 Å². The van der Waals surface area contributed by atoms with Gasteiger partial charge in [-0.05, 0) is 101 Å². The Morgan fingerprint density at radius 2 is 0.909 bits per heavy atom. The third-order valence-corrected chi connectivity index (χ3v) is 10.5. The van der Waals surface area contributed by atoms with Gasteiger partial charge in [-0.25, -0.2) is 0 Å². The van der Waals surface area contributed by atoms with Gasteiger partial charge in [-0.1, -0.05) is 158 Å². The third kappa shape index (κ3) is 4.26. The number of rotatable bonds is 6. The predicted molar refractivity (Wildman–Crippen MR) is 197 cm³/mol. The molecular weight excluding hydrogens is 527 g/mol. The summed E-state index contributed by atoms with van der Waals surface area (Å²) in [5, 5.41) is 8.39. The molecule has 222 valence electrons. The molecule has 44 heavy (non-hydrogen) atoms. The zero-order valence-electron chi connectivity index (χ0n) is 28.4. The highest BCUT2D eigenvalue weighted by Crippen LogP contribution is 2.42. The van der Waals surface area contributed by atoms with E-state index in [-0.39, 0.29) is 6.71 Å². The van der Waals surface area contributed by atoms with Gasteiger partial charge in [0.15, 0.2) is 0 Å². The van der Waals surface area contributed by atoms with Crippen molar-refractivity contribution in [2.45, 2.75) is 98.8 Å². The van der Waals surface area contributed by atoms with Crippen LogP contribution in [-0.2, 0) is 0 Å². The summed E-state index contributed by atoms with van der Waals surface area (Å²) in [5.74, 6) is 2.25. The minimum Gasteiger partial charge on any atom is -0.0618 e. The summed E-state index contributed by atoms with van der Waals surface area (Å²) in [6.07, 6.45) is 0. The Hall–Kier alpha value is -3.58. The lowest BCUT2D eigenvalue weighted by Crippen LogP contribution is -2.58. The van der Waals surface area contributed by atoms with Crippen LogP contribution in [0.1, 0.15) is 127 Å². The van der Waals surface area contributed by atoms with E-state index < -0.39 is 0 Å². The van der Waals surface area contributed by atoms with Crippen LogP contribution < -0.4 is 16.4 Å². The van der Waals surface area contributed by atoms with E-state index in [4.69, 9.17) is 0 Å². The van der Waals surface area contributed by atoms with Gasteiger partial charge in [0.05, 0.1) is 0 Å². The second-order valence-electron chi connectivity index (χ2n) is 15.1. The molecule has 0 bridgehead atoms. The first-order valence-corrected chi connectivity index (χ1v) is 17.0. The third-order valence-electron chi connectivity index (χ3n) is 10.5. The van der Waals surface area contributed by atoms with Gasteiger partial charge in [0.1, 0.15) is 0 Å². The van der Waals surface area contributed by atoms with Gasteiger partial charge in [-0.2, -0.15) is 0 Å². The molecule has 0 radical (unpaired) electrons. The fourth-order valence-electron chi connectivity index (χ4n) is 8.19. The first-order valence-electron chi connectivity index (χ1n) is 17.0. The highest BCUT2D eigenvalue weighted by Gasteiger charge is 2.39. The maximum absolute atomic E-state index is 2.58. The highest BCUT2D eigenvalue weighted by atomic mass is 14.3. The fourth-order valence-corrected chi connectivity index (χ4v) is 8.19. The van der Waals surface area contributed by atoms with Crippen LogP contribution in [0.25, 0.3) is 43.4 Å². The summed E-state index contributed by atoms with van der Waals surface area (Å²) in [5.41, 5.74) is 14.9. The van der Waals surface area contributed by atoms with Gasteiger partial charge in [0, 0.05) is 0 Å². The minimum absolute atomic E-state index is 0.182. The van der Waals surface area contributed by atoms with Crippen molar-refractivity contribution in [1.82, 2.24) is 0 Å². The zero-order chi connectivity index (χ0) is 31.2. The van der Waals surface area contributed by atoms with Gasteiger partial charge < -0.3 is 0 Å². The molecule has 1 heteroatoms. The van der Waals surface area contributed by atoms with Crippen molar-refractivity contribution in [3.05, 3.63) is 101 Å². The molecule has 0 saturated heterocycles. The topological polar surface area (TPSA) is 0 Å². The summed E-state index contributed by atoms with van der Waals surface area (Å²) in [4.78, 5) is 0. The number of hydrogen-bond donors (Lipinski definition) is 0. The maximum atomic E-state index is 2.58. The highest BCUT2D eigenvalue weighted by molar-refractivity contribution is 6.99. The molecule has 0 N–H and O–H groups in total. The number of benzene rings is 6. The van der Waals surface area contributed by atoms with E-state index in [9.17, 15) is 0 Å². The molecular formula is C43H47B. The molecule has 0 amide bonds. The SMILES string of the molecule is CC(C)c1cc2c(c(C(C)C)c1)B(c1c(C(C)C)cc(C(C)C)cc1C(C)C)c1cc3cccc4ccc5ccc-2c1c5c43. The van der Waals surface area contributed by atoms with E-state index in [2.05, 4.69) is 142 Å². The Bertz CT molecular complexity index is 2020. The molecule has 1 aliphatic rings. The van der Waals surface area contributed by atoms with E-state index in [0.717, 1.165) is 0 Å². The van der Waals surface area contributed by atoms with Gasteiger partial charge in [0.25, 0.3) is 0 Å². The Labute approximate surface area is 265 Å². The van der Waals surface area contributed by atoms with Crippen LogP contribution in [0.15, 0.2) is 72.8 Å². The van der Waals surface area contributed by atoms with E-state index in [0.29, 0.717) is 29.6 Å². The standard InChI is InChI=1S/C43H47B/c1-23(2)31-18-34(25(5)6)42(35(19-31)26(7)8)44-38-22-30-13-11-12-28-14-15-29-16-17-33(41(38)40(29)39(28)30)37-21-32(24(3)4)20-36(27(9)10)43(37)44/h11-27H,1-10H3. The lowest BCUT2D eigenvalue weighted by molar-refractivity contribution is 0.812. The van der Waals surface area contributed by atoms with Gasteiger partial charge in [0.2, 0.25) is 6.71 Å². The quantitative estimate of drug-likeness (QED) is 0.137. The molecule has 0 atom stereocenters. The molecule has 6 aromatic carbocycles. The molecule has 0 saturated carbocycles. The molecule has 1 aliphatic heterocycles. The Kier molecular flexibility index (Phi) is 6.96. The Morgan fingerprint density at radius 3 is 1.48 bits per heavy atom. The molecule has 7 rings (SSSR count). The Balaban J connectivity index is 1.74. The van der Waals surface area contributed by atoms with Crippen LogP contribution in [0.2, 0.25) is 0 Å². The van der Waals surface area contributed by atoms with Crippen LogP contribution in [0.4, 0.5) is 0 Å². The van der Waals surface area contributed by atoms with Gasteiger partial charge >= 0.3 is 0 Å². The van der Waals surface area contributed by atoms with Crippen molar-refractivity contribution in [2.24, 2.45) is 0 Å². The second-order valence-corrected chi connectivity index (χ2v) is 15.1. The van der Waals surface area contributed by atoms with Crippen LogP contribution in [0, 0.1) is 0 Å². The second kappa shape index (κ2) is 10.5. The summed E-state index contributed by atoms with van der Waals surface area (Å²) in [7, 11) is 0. The van der Waals surface area contributed by atoms with Crippen molar-refractivity contribution in [3.8, 4) is 11.1 Å². The molecule has 0 spiro atoms. The van der Waals surface area contributed by atoms with E-state index in [1.165, 1.54) is 82.2 Å². The lowest BCUT2D eigenvalue weighted by Gasteiger charge is -2.36. The average molecular weight is 575 g/mol. The van der Waals surface area contributed by atoms with Crippen molar-refractivity contribution in [3.63, 3.8) is 0 Å². The average Bonchev–Trinajstić information content (AvgIpc) is 2.99. The van der Waals surface area contributed by atoms with Crippen LogP contribution >= 0.6 is 0 Å². The molecule has 6 aromatic rings. The van der Waals surface area contributed by atoms with Crippen molar-refractivity contribution < 1.29 is 0 Å². The van der Waals surface area contributed by atoms with Crippen molar-refractivity contribution in [2.75, 3.05) is 0 Å². The smallest absolute Gasteiger partial charge is 0.0618 e. The van der Waals surface area contributed by atoms with E-state index >= 15 is 0 Å². The summed E-state index contributed by atoms with van der Waals surface area (Å²) in [6.45, 7) is 24.0. The number of fused-ring (bicyclic) bond motifs is 2. The predicted octanol–water partition coefficient (Wildman–Crippen LogP) is 10.7. The molecule has 0 nitrogen and oxygen atoms in total. The molecule has 0 unspecified atom stereocenters. The lowest BCUT2D eigenvalue weighted by atomic mass is 9.31. The first-order chi connectivity index (χ1) is 21.0. The minimum atomic E-state index is 0.182. The maximum Gasteiger partial charge on any atom is 0.243 e. The summed E-state index contributed by atoms with van der Waals surface area (Å²) >= 11 is 0. The number of hydrogen-bond acceptors (Lipinski definition) is 0. The zero-order valence-corrected chi connectivity index (χ0v) is 28.4. The Morgan fingerprint density at radius 1 is 0.409 bits per heavy atom. The fraction of sp³-hybridized carbons (Fsp3) is 0.349. The molecule has 1 heterocycles. The van der Waals surface area contributed by atoms with E-state index in [1.807, 2.05) is 0 Å². The van der Waals surface area contributed by atoms with Gasteiger partial charge in [-0.15, -0.1) is 0 Å². The normalized spacial score (nSPS) is 13.3. The van der Waals surface area contributed by atoms with Crippen LogP contribution in [0.5, 0.6) is 0 Å². The molecule has 0 aliphatic carbocycles. The van der Waals surface area contributed by atoms with Gasteiger partial charge in [-0.3, -0.25) is 0 Å². The molecule has 0 fully saturated rings. The van der Waals surface area contributed by atoms with Crippen LogP contribution in [-0.4, -0.2) is 6.71 Å². The monoisotopic (exact) mass is 574 g/mol.